The average Bonchev–Trinajstić information content (AvgIpc) is 3.17. The maximum atomic E-state index is 4.52. The molecular weight excluding hydrogens is 360 g/mol. The van der Waals surface area contributed by atoms with Crippen LogP contribution in [0.3, 0.4) is 0 Å². The molecule has 6 nitrogen and oxygen atoms in total. The number of H-pyrrole nitrogens is 1. The number of guanidine groups is 1. The van der Waals surface area contributed by atoms with Gasteiger partial charge in [-0.25, -0.2) is 4.98 Å². The molecule has 0 unspecified atom stereocenters. The lowest BCUT2D eigenvalue weighted by Crippen LogP contribution is -2.38. The van der Waals surface area contributed by atoms with Crippen molar-refractivity contribution < 1.29 is 0 Å². The number of nitrogens with one attached hydrogen (secondary N) is 2. The van der Waals surface area contributed by atoms with Crippen molar-refractivity contribution in [1.82, 2.24) is 25.1 Å². The summed E-state index contributed by atoms with van der Waals surface area (Å²) in [6, 6.07) is 18.9. The first-order valence-electron chi connectivity index (χ1n) is 9.79. The average molecular weight is 391 g/mol. The predicted octanol–water partition coefficient (Wildman–Crippen LogP) is 3.35. The molecule has 29 heavy (non-hydrogen) atoms. The van der Waals surface area contributed by atoms with Crippen LogP contribution in [0, 0.1) is 0 Å². The Balaban J connectivity index is 1.58. The molecule has 0 amide bonds. The fourth-order valence-corrected chi connectivity index (χ4v) is 3.28. The highest BCUT2D eigenvalue weighted by Crippen LogP contribution is 2.16. The van der Waals surface area contributed by atoms with Crippen molar-refractivity contribution in [2.24, 2.45) is 4.99 Å². The molecule has 0 aliphatic carbocycles. The van der Waals surface area contributed by atoms with E-state index >= 15 is 0 Å². The smallest absolute Gasteiger partial charge is 0.194 e. The van der Waals surface area contributed by atoms with E-state index in [1.165, 1.54) is 11.1 Å². The largest absolute Gasteiger partial charge is 0.352 e. The van der Waals surface area contributed by atoms with Gasteiger partial charge in [0.15, 0.2) is 5.96 Å². The Hall–Kier alpha value is -3.12. The SMILES string of the molecule is CN=C(NCc1cccc(CN(C)C)c1)N(C)Cc1ncc(-c2ccccc2)[nH]1. The summed E-state index contributed by atoms with van der Waals surface area (Å²) in [4.78, 5) is 16.6. The van der Waals surface area contributed by atoms with Crippen LogP contribution in [0.1, 0.15) is 17.0 Å². The van der Waals surface area contributed by atoms with Gasteiger partial charge in [-0.2, -0.15) is 0 Å². The highest BCUT2D eigenvalue weighted by Gasteiger charge is 2.10. The molecule has 3 aromatic rings. The molecule has 0 radical (unpaired) electrons. The van der Waals surface area contributed by atoms with E-state index in [4.69, 9.17) is 0 Å². The Kier molecular flexibility index (Phi) is 7.03. The minimum Gasteiger partial charge on any atom is -0.352 e. The van der Waals surface area contributed by atoms with Gasteiger partial charge in [-0.05, 0) is 30.8 Å². The molecule has 0 aliphatic heterocycles. The van der Waals surface area contributed by atoms with Gasteiger partial charge >= 0.3 is 0 Å². The molecule has 1 heterocycles. The van der Waals surface area contributed by atoms with Crippen LogP contribution in [0.25, 0.3) is 11.3 Å². The highest BCUT2D eigenvalue weighted by molar-refractivity contribution is 5.79. The van der Waals surface area contributed by atoms with Crippen molar-refractivity contribution in [1.29, 1.82) is 0 Å². The lowest BCUT2D eigenvalue weighted by Gasteiger charge is -2.21. The summed E-state index contributed by atoms with van der Waals surface area (Å²) in [5, 5.41) is 3.45. The number of nitrogens with zero attached hydrogens (tertiary/aromatic N) is 4. The van der Waals surface area contributed by atoms with Crippen molar-refractivity contribution >= 4 is 5.96 Å². The molecule has 0 aliphatic rings. The summed E-state index contributed by atoms with van der Waals surface area (Å²) < 4.78 is 0. The second-order valence-corrected chi connectivity index (χ2v) is 7.42. The van der Waals surface area contributed by atoms with E-state index in [0.29, 0.717) is 6.54 Å². The number of hydrogen-bond acceptors (Lipinski definition) is 3. The van der Waals surface area contributed by atoms with Crippen molar-refractivity contribution in [2.75, 3.05) is 28.2 Å². The normalized spacial score (nSPS) is 11.7. The minimum absolute atomic E-state index is 0.646. The third-order valence-electron chi connectivity index (χ3n) is 4.61. The molecule has 0 fully saturated rings. The zero-order chi connectivity index (χ0) is 20.6. The van der Waals surface area contributed by atoms with E-state index < -0.39 is 0 Å². The van der Waals surface area contributed by atoms with Gasteiger partial charge in [0.2, 0.25) is 0 Å². The van der Waals surface area contributed by atoms with Gasteiger partial charge in [-0.1, -0.05) is 54.6 Å². The third-order valence-corrected chi connectivity index (χ3v) is 4.61. The standard InChI is InChI=1S/C23H30N6/c1-24-23(26-14-18-9-8-10-19(13-18)16-28(2)3)29(4)17-22-25-15-21(27-22)20-11-6-5-7-12-20/h5-13,15H,14,16-17H2,1-4H3,(H,24,26)(H,25,27). The molecule has 6 heteroatoms. The number of rotatable bonds is 7. The van der Waals surface area contributed by atoms with E-state index in [1.54, 1.807) is 7.05 Å². The summed E-state index contributed by atoms with van der Waals surface area (Å²) in [6.07, 6.45) is 1.88. The maximum absolute atomic E-state index is 4.52. The Bertz CT molecular complexity index is 929. The van der Waals surface area contributed by atoms with Gasteiger partial charge in [-0.3, -0.25) is 4.99 Å². The van der Waals surface area contributed by atoms with Crippen LogP contribution in [0.4, 0.5) is 0 Å². The molecule has 1 aromatic heterocycles. The van der Waals surface area contributed by atoms with Gasteiger partial charge < -0.3 is 20.1 Å². The third kappa shape index (κ3) is 5.93. The summed E-state index contributed by atoms with van der Waals surface area (Å²) >= 11 is 0. The van der Waals surface area contributed by atoms with E-state index in [0.717, 1.165) is 36.1 Å². The van der Waals surface area contributed by atoms with Gasteiger partial charge in [0.05, 0.1) is 18.4 Å². The number of imidazole rings is 1. The highest BCUT2D eigenvalue weighted by atomic mass is 15.3. The van der Waals surface area contributed by atoms with Crippen molar-refractivity contribution in [2.45, 2.75) is 19.6 Å². The first-order chi connectivity index (χ1) is 14.0. The quantitative estimate of drug-likeness (QED) is 0.480. The molecule has 0 bridgehead atoms. The van der Waals surface area contributed by atoms with E-state index in [2.05, 4.69) is 80.6 Å². The first-order valence-corrected chi connectivity index (χ1v) is 9.79. The van der Waals surface area contributed by atoms with Gasteiger partial charge in [0, 0.05) is 27.2 Å². The Morgan fingerprint density at radius 3 is 2.48 bits per heavy atom. The van der Waals surface area contributed by atoms with Crippen LogP contribution < -0.4 is 5.32 Å². The molecule has 3 rings (SSSR count). The number of benzene rings is 2. The minimum atomic E-state index is 0.646. The van der Waals surface area contributed by atoms with E-state index in [1.807, 2.05) is 31.4 Å². The van der Waals surface area contributed by atoms with E-state index in [9.17, 15) is 0 Å². The molecular formula is C23H30N6. The molecule has 0 saturated carbocycles. The van der Waals surface area contributed by atoms with Crippen LogP contribution in [0.2, 0.25) is 0 Å². The monoisotopic (exact) mass is 390 g/mol. The Morgan fingerprint density at radius 1 is 1.00 bits per heavy atom. The van der Waals surface area contributed by atoms with Gasteiger partial charge in [-0.15, -0.1) is 0 Å². The summed E-state index contributed by atoms with van der Waals surface area (Å²) in [7, 11) is 7.99. The number of aliphatic imine (C=N–C) groups is 1. The van der Waals surface area contributed by atoms with Crippen LogP contribution in [-0.4, -0.2) is 53.9 Å². The van der Waals surface area contributed by atoms with E-state index in [-0.39, 0.29) is 0 Å². The Morgan fingerprint density at radius 2 is 1.76 bits per heavy atom. The van der Waals surface area contributed by atoms with Gasteiger partial charge in [0.1, 0.15) is 5.82 Å². The van der Waals surface area contributed by atoms with Crippen LogP contribution >= 0.6 is 0 Å². The molecule has 0 atom stereocenters. The summed E-state index contributed by atoms with van der Waals surface area (Å²) in [6.45, 7) is 2.31. The fraction of sp³-hybridized carbons (Fsp3) is 0.304. The lowest BCUT2D eigenvalue weighted by molar-refractivity contribution is 0.402. The van der Waals surface area contributed by atoms with Gasteiger partial charge in [0.25, 0.3) is 0 Å². The fourth-order valence-electron chi connectivity index (χ4n) is 3.28. The van der Waals surface area contributed by atoms with Crippen molar-refractivity contribution in [3.8, 4) is 11.3 Å². The summed E-state index contributed by atoms with van der Waals surface area (Å²) in [5.74, 6) is 1.74. The predicted molar refractivity (Wildman–Crippen MR) is 120 cm³/mol. The second-order valence-electron chi connectivity index (χ2n) is 7.42. The topological polar surface area (TPSA) is 59.6 Å². The first kappa shape index (κ1) is 20.6. The molecule has 2 aromatic carbocycles. The molecule has 0 spiro atoms. The zero-order valence-corrected chi connectivity index (χ0v) is 17.7. The van der Waals surface area contributed by atoms with Crippen LogP contribution in [0.15, 0.2) is 65.8 Å². The van der Waals surface area contributed by atoms with Crippen LogP contribution in [-0.2, 0) is 19.6 Å². The maximum Gasteiger partial charge on any atom is 0.194 e. The Labute approximate surface area is 173 Å². The summed E-state index contributed by atoms with van der Waals surface area (Å²) in [5.41, 5.74) is 4.70. The number of aromatic amines is 1. The lowest BCUT2D eigenvalue weighted by atomic mass is 10.1. The second kappa shape index (κ2) is 9.89. The number of hydrogen-bond donors (Lipinski definition) is 2. The van der Waals surface area contributed by atoms with Crippen molar-refractivity contribution in [3.63, 3.8) is 0 Å². The zero-order valence-electron chi connectivity index (χ0n) is 17.7. The molecule has 0 saturated heterocycles. The number of aromatic nitrogens is 2. The molecule has 2 N–H and O–H groups in total. The van der Waals surface area contributed by atoms with Crippen molar-refractivity contribution in [3.05, 3.63) is 77.7 Å². The molecule has 152 valence electrons. The van der Waals surface area contributed by atoms with Crippen LogP contribution in [0.5, 0.6) is 0 Å².